The van der Waals surface area contributed by atoms with Crippen molar-refractivity contribution >= 4 is 11.8 Å². The third-order valence-corrected chi connectivity index (χ3v) is 6.25. The van der Waals surface area contributed by atoms with E-state index in [1.807, 2.05) is 59.3 Å². The Hall–Kier alpha value is -2.66. The van der Waals surface area contributed by atoms with Crippen molar-refractivity contribution in [3.05, 3.63) is 60.2 Å². The topological polar surface area (TPSA) is 52.7 Å². The lowest BCUT2D eigenvalue weighted by Gasteiger charge is -2.25. The van der Waals surface area contributed by atoms with Crippen molar-refractivity contribution in [2.24, 2.45) is 5.92 Å². The summed E-state index contributed by atoms with van der Waals surface area (Å²) in [5.74, 6) is 0.710. The van der Waals surface area contributed by atoms with Crippen LogP contribution in [0.2, 0.25) is 0 Å². The van der Waals surface area contributed by atoms with E-state index in [2.05, 4.69) is 17.4 Å². The van der Waals surface area contributed by atoms with Crippen molar-refractivity contribution < 1.29 is 9.59 Å². The summed E-state index contributed by atoms with van der Waals surface area (Å²) in [7, 11) is 1.85. The van der Waals surface area contributed by atoms with Gasteiger partial charge in [0.1, 0.15) is 0 Å². The van der Waals surface area contributed by atoms with Crippen LogP contribution in [0.5, 0.6) is 0 Å². The maximum Gasteiger partial charge on any atom is 0.253 e. The largest absolute Gasteiger partial charge is 0.341 e. The van der Waals surface area contributed by atoms with Crippen LogP contribution in [-0.2, 0) is 4.79 Å². The summed E-state index contributed by atoms with van der Waals surface area (Å²) < 4.78 is 0. The molecule has 152 valence electrons. The van der Waals surface area contributed by atoms with Gasteiger partial charge in [0, 0.05) is 32.1 Å². The molecule has 0 spiro atoms. The standard InChI is InChI=1S/C24H29N3O2/c1-26(22-12-14-27(17-22)23(28)15-18-11-13-25-16-18)24(29)21-9-7-20(8-10-21)19-5-3-2-4-6-19/h2-10,18,22,25H,11-17H2,1H3/t18?,22-/m0/s1. The zero-order valence-electron chi connectivity index (χ0n) is 17.0. The van der Waals surface area contributed by atoms with E-state index in [1.165, 1.54) is 0 Å². The van der Waals surface area contributed by atoms with Gasteiger partial charge in [-0.3, -0.25) is 9.59 Å². The van der Waals surface area contributed by atoms with Crippen LogP contribution >= 0.6 is 0 Å². The number of hydrogen-bond acceptors (Lipinski definition) is 3. The van der Waals surface area contributed by atoms with Gasteiger partial charge in [-0.15, -0.1) is 0 Å². The molecule has 5 heteroatoms. The van der Waals surface area contributed by atoms with Crippen LogP contribution in [0, 0.1) is 5.92 Å². The van der Waals surface area contributed by atoms with Crippen LogP contribution in [0.1, 0.15) is 29.6 Å². The Morgan fingerprint density at radius 2 is 1.76 bits per heavy atom. The first-order valence-electron chi connectivity index (χ1n) is 10.5. The van der Waals surface area contributed by atoms with E-state index in [4.69, 9.17) is 0 Å². The minimum atomic E-state index is 0.0175. The Morgan fingerprint density at radius 3 is 2.45 bits per heavy atom. The van der Waals surface area contributed by atoms with Gasteiger partial charge in [-0.05, 0) is 55.1 Å². The van der Waals surface area contributed by atoms with Gasteiger partial charge in [-0.25, -0.2) is 0 Å². The van der Waals surface area contributed by atoms with Crippen molar-refractivity contribution in [1.29, 1.82) is 0 Å². The van der Waals surface area contributed by atoms with Gasteiger partial charge in [0.2, 0.25) is 5.91 Å². The smallest absolute Gasteiger partial charge is 0.253 e. The fourth-order valence-corrected chi connectivity index (χ4v) is 4.35. The second-order valence-corrected chi connectivity index (χ2v) is 8.20. The number of likely N-dealkylation sites (tertiary alicyclic amines) is 1. The number of amides is 2. The lowest BCUT2D eigenvalue weighted by Crippen LogP contribution is -2.40. The van der Waals surface area contributed by atoms with Crippen molar-refractivity contribution in [3.63, 3.8) is 0 Å². The van der Waals surface area contributed by atoms with Crippen LogP contribution in [0.3, 0.4) is 0 Å². The molecule has 5 nitrogen and oxygen atoms in total. The van der Waals surface area contributed by atoms with E-state index in [0.29, 0.717) is 24.4 Å². The Balaban J connectivity index is 1.35. The van der Waals surface area contributed by atoms with Gasteiger partial charge >= 0.3 is 0 Å². The summed E-state index contributed by atoms with van der Waals surface area (Å²) in [4.78, 5) is 29.3. The van der Waals surface area contributed by atoms with Gasteiger partial charge in [0.15, 0.2) is 0 Å². The zero-order chi connectivity index (χ0) is 20.2. The number of nitrogens with zero attached hydrogens (tertiary/aromatic N) is 2. The molecule has 2 atom stereocenters. The Morgan fingerprint density at radius 1 is 1.03 bits per heavy atom. The third-order valence-electron chi connectivity index (χ3n) is 6.25. The van der Waals surface area contributed by atoms with E-state index < -0.39 is 0 Å². The normalized spacial score (nSPS) is 21.3. The van der Waals surface area contributed by atoms with Gasteiger partial charge in [-0.1, -0.05) is 42.5 Å². The molecule has 2 aromatic carbocycles. The first-order chi connectivity index (χ1) is 14.1. The second-order valence-electron chi connectivity index (χ2n) is 8.20. The minimum absolute atomic E-state index is 0.0175. The quantitative estimate of drug-likeness (QED) is 0.852. The second kappa shape index (κ2) is 8.78. The SMILES string of the molecule is CN(C(=O)c1ccc(-c2ccccc2)cc1)[C@H]1CCN(C(=O)CC2CCNC2)C1. The van der Waals surface area contributed by atoms with E-state index >= 15 is 0 Å². The molecule has 1 N–H and O–H groups in total. The molecule has 0 bridgehead atoms. The van der Waals surface area contributed by atoms with Crippen molar-refractivity contribution in [2.75, 3.05) is 33.2 Å². The average molecular weight is 392 g/mol. The molecule has 0 radical (unpaired) electrons. The van der Waals surface area contributed by atoms with Crippen molar-refractivity contribution in [2.45, 2.75) is 25.3 Å². The lowest BCUT2D eigenvalue weighted by molar-refractivity contribution is -0.131. The van der Waals surface area contributed by atoms with Gasteiger partial charge in [0.05, 0.1) is 6.04 Å². The van der Waals surface area contributed by atoms with Gasteiger partial charge < -0.3 is 15.1 Å². The molecular weight excluding hydrogens is 362 g/mol. The summed E-state index contributed by atoms with van der Waals surface area (Å²) in [6.45, 7) is 3.35. The fraction of sp³-hybridized carbons (Fsp3) is 0.417. The lowest BCUT2D eigenvalue weighted by atomic mass is 10.0. The fourth-order valence-electron chi connectivity index (χ4n) is 4.35. The maximum absolute atomic E-state index is 12.9. The molecule has 2 heterocycles. The minimum Gasteiger partial charge on any atom is -0.341 e. The molecule has 2 saturated heterocycles. The highest BCUT2D eigenvalue weighted by Crippen LogP contribution is 2.23. The highest BCUT2D eigenvalue weighted by Gasteiger charge is 2.32. The molecule has 2 aliphatic heterocycles. The van der Waals surface area contributed by atoms with Crippen molar-refractivity contribution in [3.8, 4) is 11.1 Å². The molecule has 0 aliphatic carbocycles. The zero-order valence-corrected chi connectivity index (χ0v) is 17.0. The Kier molecular flexibility index (Phi) is 5.95. The highest BCUT2D eigenvalue weighted by atomic mass is 16.2. The van der Waals surface area contributed by atoms with Crippen LogP contribution < -0.4 is 5.32 Å². The monoisotopic (exact) mass is 391 g/mol. The van der Waals surface area contributed by atoms with Crippen LogP contribution in [-0.4, -0.2) is 60.9 Å². The molecule has 2 fully saturated rings. The first-order valence-corrected chi connectivity index (χ1v) is 10.5. The molecule has 0 aromatic heterocycles. The number of likely N-dealkylation sites (N-methyl/N-ethyl adjacent to an activating group) is 1. The molecule has 2 amide bonds. The predicted molar refractivity (Wildman–Crippen MR) is 115 cm³/mol. The number of carbonyl (C=O) groups excluding carboxylic acids is 2. The van der Waals surface area contributed by atoms with Crippen LogP contribution in [0.15, 0.2) is 54.6 Å². The van der Waals surface area contributed by atoms with Gasteiger partial charge in [-0.2, -0.15) is 0 Å². The van der Waals surface area contributed by atoms with E-state index in [-0.39, 0.29) is 17.9 Å². The van der Waals surface area contributed by atoms with Gasteiger partial charge in [0.25, 0.3) is 5.91 Å². The van der Waals surface area contributed by atoms with E-state index in [9.17, 15) is 9.59 Å². The summed E-state index contributed by atoms with van der Waals surface area (Å²) in [6.07, 6.45) is 2.55. The van der Waals surface area contributed by atoms with E-state index in [0.717, 1.165) is 43.6 Å². The number of benzene rings is 2. The summed E-state index contributed by atoms with van der Waals surface area (Å²) in [5, 5.41) is 3.32. The first kappa shape index (κ1) is 19.6. The highest BCUT2D eigenvalue weighted by molar-refractivity contribution is 5.95. The predicted octanol–water partition coefficient (Wildman–Crippen LogP) is 3.03. The Bertz CT molecular complexity index is 844. The van der Waals surface area contributed by atoms with Crippen LogP contribution in [0.25, 0.3) is 11.1 Å². The van der Waals surface area contributed by atoms with Crippen LogP contribution in [0.4, 0.5) is 0 Å². The molecule has 0 saturated carbocycles. The summed E-state index contributed by atoms with van der Waals surface area (Å²) in [5.41, 5.74) is 2.93. The van der Waals surface area contributed by atoms with Crippen molar-refractivity contribution in [1.82, 2.24) is 15.1 Å². The summed E-state index contributed by atoms with van der Waals surface area (Å²) in [6, 6.07) is 18.0. The Labute approximate surface area is 172 Å². The molecular formula is C24H29N3O2. The molecule has 1 unspecified atom stereocenters. The maximum atomic E-state index is 12.9. The number of nitrogens with one attached hydrogen (secondary N) is 1. The third kappa shape index (κ3) is 4.51. The molecule has 2 aliphatic rings. The number of rotatable bonds is 5. The molecule has 29 heavy (non-hydrogen) atoms. The van der Waals surface area contributed by atoms with E-state index in [1.54, 1.807) is 0 Å². The molecule has 2 aromatic rings. The number of hydrogen-bond donors (Lipinski definition) is 1. The summed E-state index contributed by atoms with van der Waals surface area (Å²) >= 11 is 0. The molecule has 4 rings (SSSR count). The number of carbonyl (C=O) groups is 2. The average Bonchev–Trinajstić information content (AvgIpc) is 3.46.